The molecule has 4 rings (SSSR count). The average molecular weight is 403 g/mol. The van der Waals surface area contributed by atoms with E-state index < -0.39 is 0 Å². The third kappa shape index (κ3) is 3.36. The standard InChI is InChI=1S/C19H23BrN4O/c20-15-5-3-14(4-6-15)19(10-1-2-11-19)18(25)21-12-9-17-23-22-13-24(17)16-7-8-16/h3-6,13,16H,1-2,7-12H2,(H,21,25). The van der Waals surface area contributed by atoms with Gasteiger partial charge in [0, 0.05) is 23.5 Å². The molecule has 0 spiro atoms. The molecule has 25 heavy (non-hydrogen) atoms. The molecule has 0 saturated heterocycles. The van der Waals surface area contributed by atoms with Gasteiger partial charge in [-0.15, -0.1) is 10.2 Å². The Morgan fingerprint density at radius 1 is 1.24 bits per heavy atom. The lowest BCUT2D eigenvalue weighted by Crippen LogP contribution is -2.43. The summed E-state index contributed by atoms with van der Waals surface area (Å²) in [7, 11) is 0. The highest BCUT2D eigenvalue weighted by atomic mass is 79.9. The molecule has 1 N–H and O–H groups in total. The van der Waals surface area contributed by atoms with E-state index in [0.717, 1.165) is 48.0 Å². The minimum absolute atomic E-state index is 0.157. The molecule has 132 valence electrons. The summed E-state index contributed by atoms with van der Waals surface area (Å²) in [5, 5.41) is 11.4. The highest BCUT2D eigenvalue weighted by Crippen LogP contribution is 2.41. The van der Waals surface area contributed by atoms with Crippen molar-refractivity contribution in [2.24, 2.45) is 0 Å². The van der Waals surface area contributed by atoms with Crippen molar-refractivity contribution < 1.29 is 4.79 Å². The number of amides is 1. The van der Waals surface area contributed by atoms with Gasteiger partial charge in [0.05, 0.1) is 5.41 Å². The van der Waals surface area contributed by atoms with Crippen molar-refractivity contribution in [3.8, 4) is 0 Å². The van der Waals surface area contributed by atoms with Crippen LogP contribution in [-0.2, 0) is 16.6 Å². The lowest BCUT2D eigenvalue weighted by molar-refractivity contribution is -0.126. The summed E-state index contributed by atoms with van der Waals surface area (Å²) in [4.78, 5) is 13.0. The largest absolute Gasteiger partial charge is 0.355 e. The SMILES string of the molecule is O=C(NCCc1nncn1C1CC1)C1(c2ccc(Br)cc2)CCCC1. The number of aromatic nitrogens is 3. The monoisotopic (exact) mass is 402 g/mol. The highest BCUT2D eigenvalue weighted by Gasteiger charge is 2.42. The van der Waals surface area contributed by atoms with E-state index in [1.54, 1.807) is 0 Å². The van der Waals surface area contributed by atoms with Crippen LogP contribution in [0.1, 0.15) is 56.0 Å². The van der Waals surface area contributed by atoms with Crippen LogP contribution in [0.25, 0.3) is 0 Å². The van der Waals surface area contributed by atoms with Crippen LogP contribution < -0.4 is 5.32 Å². The van der Waals surface area contributed by atoms with E-state index in [1.165, 1.54) is 12.8 Å². The Balaban J connectivity index is 1.43. The molecule has 0 atom stereocenters. The first kappa shape index (κ1) is 16.8. The summed E-state index contributed by atoms with van der Waals surface area (Å²) >= 11 is 3.48. The van der Waals surface area contributed by atoms with Crippen LogP contribution in [0.4, 0.5) is 0 Å². The number of benzene rings is 1. The fourth-order valence-corrected chi connectivity index (χ4v) is 4.22. The molecule has 2 aliphatic rings. The Labute approximate surface area is 156 Å². The number of nitrogens with one attached hydrogen (secondary N) is 1. The molecule has 2 aromatic rings. The minimum Gasteiger partial charge on any atom is -0.355 e. The number of hydrogen-bond donors (Lipinski definition) is 1. The van der Waals surface area contributed by atoms with E-state index in [1.807, 2.05) is 18.5 Å². The number of halogens is 1. The van der Waals surface area contributed by atoms with Crippen LogP contribution in [0.15, 0.2) is 35.1 Å². The number of nitrogens with zero attached hydrogens (tertiary/aromatic N) is 3. The lowest BCUT2D eigenvalue weighted by Gasteiger charge is -2.28. The minimum atomic E-state index is -0.370. The van der Waals surface area contributed by atoms with Gasteiger partial charge in [0.1, 0.15) is 12.2 Å². The number of carbonyl (C=O) groups is 1. The van der Waals surface area contributed by atoms with E-state index >= 15 is 0 Å². The summed E-state index contributed by atoms with van der Waals surface area (Å²) in [5.74, 6) is 1.14. The summed E-state index contributed by atoms with van der Waals surface area (Å²) in [6.45, 7) is 0.614. The van der Waals surface area contributed by atoms with Crippen LogP contribution in [0.2, 0.25) is 0 Å². The van der Waals surface area contributed by atoms with Crippen molar-refractivity contribution >= 4 is 21.8 Å². The quantitative estimate of drug-likeness (QED) is 0.803. The fourth-order valence-electron chi connectivity index (χ4n) is 3.95. The predicted molar refractivity (Wildman–Crippen MR) is 99.3 cm³/mol. The molecule has 2 saturated carbocycles. The molecule has 1 amide bonds. The van der Waals surface area contributed by atoms with Crippen LogP contribution >= 0.6 is 15.9 Å². The second-order valence-electron chi connectivity index (χ2n) is 7.19. The molecule has 1 aromatic carbocycles. The highest BCUT2D eigenvalue weighted by molar-refractivity contribution is 9.10. The second kappa shape index (κ2) is 6.90. The fraction of sp³-hybridized carbons (Fsp3) is 0.526. The Morgan fingerprint density at radius 3 is 2.64 bits per heavy atom. The summed E-state index contributed by atoms with van der Waals surface area (Å²) in [5.41, 5.74) is 0.761. The zero-order chi connectivity index (χ0) is 17.3. The Bertz CT molecular complexity index is 745. The molecule has 0 bridgehead atoms. The number of hydrogen-bond acceptors (Lipinski definition) is 3. The third-order valence-electron chi connectivity index (χ3n) is 5.51. The van der Waals surface area contributed by atoms with Crippen molar-refractivity contribution in [1.29, 1.82) is 0 Å². The maximum Gasteiger partial charge on any atom is 0.230 e. The van der Waals surface area contributed by atoms with Gasteiger partial charge in [0.2, 0.25) is 5.91 Å². The molecular formula is C19H23BrN4O. The van der Waals surface area contributed by atoms with E-state index in [-0.39, 0.29) is 11.3 Å². The molecule has 5 nitrogen and oxygen atoms in total. The van der Waals surface area contributed by atoms with Crippen LogP contribution in [0.5, 0.6) is 0 Å². The second-order valence-corrected chi connectivity index (χ2v) is 8.10. The summed E-state index contributed by atoms with van der Waals surface area (Å²) in [6, 6.07) is 8.79. The molecule has 1 heterocycles. The maximum atomic E-state index is 13.0. The van der Waals surface area contributed by atoms with Crippen LogP contribution in [0.3, 0.4) is 0 Å². The summed E-state index contributed by atoms with van der Waals surface area (Å²) < 4.78 is 3.20. The summed E-state index contributed by atoms with van der Waals surface area (Å²) in [6.07, 6.45) is 9.05. The topological polar surface area (TPSA) is 59.8 Å². The van der Waals surface area contributed by atoms with Gasteiger partial charge in [-0.2, -0.15) is 0 Å². The molecule has 6 heteroatoms. The van der Waals surface area contributed by atoms with E-state index in [4.69, 9.17) is 0 Å². The van der Waals surface area contributed by atoms with Gasteiger partial charge in [-0.05, 0) is 43.4 Å². The average Bonchev–Trinajstić information content (AvgIpc) is 3.15. The first-order valence-electron chi connectivity index (χ1n) is 9.12. The van der Waals surface area contributed by atoms with E-state index in [9.17, 15) is 4.79 Å². The third-order valence-corrected chi connectivity index (χ3v) is 6.04. The van der Waals surface area contributed by atoms with E-state index in [0.29, 0.717) is 12.6 Å². The van der Waals surface area contributed by atoms with Crippen molar-refractivity contribution in [3.63, 3.8) is 0 Å². The zero-order valence-electron chi connectivity index (χ0n) is 14.2. The predicted octanol–water partition coefficient (Wildman–Crippen LogP) is 3.55. The van der Waals surface area contributed by atoms with Gasteiger partial charge in [-0.1, -0.05) is 40.9 Å². The lowest BCUT2D eigenvalue weighted by atomic mass is 9.78. The Kier molecular flexibility index (Phi) is 4.63. The van der Waals surface area contributed by atoms with Crippen LogP contribution in [-0.4, -0.2) is 27.2 Å². The van der Waals surface area contributed by atoms with Gasteiger partial charge in [0.15, 0.2) is 0 Å². The molecule has 0 radical (unpaired) electrons. The first-order chi connectivity index (χ1) is 12.2. The first-order valence-corrected chi connectivity index (χ1v) is 9.91. The Morgan fingerprint density at radius 2 is 1.96 bits per heavy atom. The van der Waals surface area contributed by atoms with Gasteiger partial charge in [-0.25, -0.2) is 0 Å². The van der Waals surface area contributed by atoms with Gasteiger partial charge in [-0.3, -0.25) is 4.79 Å². The molecule has 2 fully saturated rings. The molecule has 2 aliphatic carbocycles. The number of rotatable bonds is 6. The van der Waals surface area contributed by atoms with E-state index in [2.05, 4.69) is 48.1 Å². The van der Waals surface area contributed by atoms with Crippen molar-refractivity contribution in [2.75, 3.05) is 6.54 Å². The molecule has 0 unspecified atom stereocenters. The number of carbonyl (C=O) groups excluding carboxylic acids is 1. The van der Waals surface area contributed by atoms with Gasteiger partial charge >= 0.3 is 0 Å². The van der Waals surface area contributed by atoms with Gasteiger partial charge in [0.25, 0.3) is 0 Å². The molecule has 0 aliphatic heterocycles. The molecule has 1 aromatic heterocycles. The van der Waals surface area contributed by atoms with Crippen molar-refractivity contribution in [1.82, 2.24) is 20.1 Å². The van der Waals surface area contributed by atoms with Crippen molar-refractivity contribution in [3.05, 3.63) is 46.5 Å². The molecular weight excluding hydrogens is 380 g/mol. The van der Waals surface area contributed by atoms with Gasteiger partial charge < -0.3 is 9.88 Å². The maximum absolute atomic E-state index is 13.0. The Hall–Kier alpha value is -1.69. The normalized spacial score (nSPS) is 19.1. The van der Waals surface area contributed by atoms with Crippen LogP contribution in [0, 0.1) is 0 Å². The smallest absolute Gasteiger partial charge is 0.230 e. The zero-order valence-corrected chi connectivity index (χ0v) is 15.8. The van der Waals surface area contributed by atoms with Crippen molar-refractivity contribution in [2.45, 2.75) is 56.4 Å².